The Labute approximate surface area is 131 Å². The lowest BCUT2D eigenvalue weighted by atomic mass is 10.1. The van der Waals surface area contributed by atoms with Crippen molar-refractivity contribution in [3.8, 4) is 0 Å². The van der Waals surface area contributed by atoms with E-state index in [2.05, 4.69) is 20.3 Å². The van der Waals surface area contributed by atoms with E-state index in [9.17, 15) is 14.4 Å². The molecule has 0 bridgehead atoms. The molecule has 0 aliphatic carbocycles. The topological polar surface area (TPSA) is 125 Å². The zero-order valence-corrected chi connectivity index (χ0v) is 13.3. The largest absolute Gasteiger partial charge is 0.339 e. The van der Waals surface area contributed by atoms with Gasteiger partial charge in [-0.3, -0.25) is 24.6 Å². The molecule has 2 rings (SSSR count). The summed E-state index contributed by atoms with van der Waals surface area (Å²) in [5, 5.41) is 8.16. The van der Waals surface area contributed by atoms with Gasteiger partial charge in [0.25, 0.3) is 11.1 Å². The van der Waals surface area contributed by atoms with Gasteiger partial charge < -0.3 is 9.42 Å². The van der Waals surface area contributed by atoms with Gasteiger partial charge in [0.1, 0.15) is 0 Å². The fraction of sp³-hybridized carbons (Fsp3) is 0.500. The third-order valence-electron chi connectivity index (χ3n) is 3.14. The highest BCUT2D eigenvalue weighted by atomic mass is 16.5. The minimum Gasteiger partial charge on any atom is -0.339 e. The molecule has 2 N–H and O–H groups in total. The van der Waals surface area contributed by atoms with Crippen LogP contribution in [0.2, 0.25) is 0 Å². The number of hydrogen-bond acceptors (Lipinski definition) is 6. The molecule has 0 fully saturated rings. The highest BCUT2D eigenvalue weighted by molar-refractivity contribution is 5.78. The van der Waals surface area contributed by atoms with Crippen LogP contribution in [0.5, 0.6) is 0 Å². The minimum absolute atomic E-state index is 0.110. The van der Waals surface area contributed by atoms with Gasteiger partial charge >= 0.3 is 0 Å². The van der Waals surface area contributed by atoms with Crippen LogP contribution < -0.4 is 11.1 Å². The number of amides is 1. The molecule has 0 unspecified atom stereocenters. The first-order chi connectivity index (χ1) is 10.8. The summed E-state index contributed by atoms with van der Waals surface area (Å²) in [5.41, 5.74) is -0.851. The fourth-order valence-electron chi connectivity index (χ4n) is 1.97. The van der Waals surface area contributed by atoms with Gasteiger partial charge in [-0.05, 0) is 5.92 Å². The van der Waals surface area contributed by atoms with E-state index in [0.717, 1.165) is 6.07 Å². The standard InChI is InChI=1S/C14H19N5O4/c1-8(2)4-12-15-10(18-23-12)7-19(3)13(21)6-9-5-11(20)16-17-14(9)22/h5,8H,4,6-7H2,1-3H3,(H,16,20)(H,17,22). The van der Waals surface area contributed by atoms with Crippen LogP contribution in [0.15, 0.2) is 20.2 Å². The maximum Gasteiger partial charge on any atom is 0.266 e. The number of aromatic amines is 2. The molecule has 2 aromatic rings. The van der Waals surface area contributed by atoms with Crippen LogP contribution in [0.3, 0.4) is 0 Å². The van der Waals surface area contributed by atoms with Gasteiger partial charge in [-0.1, -0.05) is 19.0 Å². The molecule has 9 nitrogen and oxygen atoms in total. The zero-order chi connectivity index (χ0) is 17.0. The van der Waals surface area contributed by atoms with E-state index < -0.39 is 11.1 Å². The molecule has 0 spiro atoms. The lowest BCUT2D eigenvalue weighted by Gasteiger charge is -2.14. The minimum atomic E-state index is -0.495. The first kappa shape index (κ1) is 16.7. The van der Waals surface area contributed by atoms with Crippen LogP contribution in [0.4, 0.5) is 0 Å². The lowest BCUT2D eigenvalue weighted by Crippen LogP contribution is -2.31. The Balaban J connectivity index is 2.00. The number of carbonyl (C=O) groups excluding carboxylic acids is 1. The predicted octanol–water partition coefficient (Wildman–Crippen LogP) is -0.154. The fourth-order valence-corrected chi connectivity index (χ4v) is 1.97. The Kier molecular flexibility index (Phi) is 5.09. The Morgan fingerprint density at radius 3 is 2.78 bits per heavy atom. The molecule has 0 saturated heterocycles. The van der Waals surface area contributed by atoms with Crippen LogP contribution in [0.1, 0.15) is 31.1 Å². The summed E-state index contributed by atoms with van der Waals surface area (Å²) < 4.78 is 5.11. The molecular formula is C14H19N5O4. The van der Waals surface area contributed by atoms with Crippen LogP contribution >= 0.6 is 0 Å². The average Bonchev–Trinajstić information content (AvgIpc) is 2.89. The van der Waals surface area contributed by atoms with E-state index in [0.29, 0.717) is 24.1 Å². The van der Waals surface area contributed by atoms with Gasteiger partial charge in [0.15, 0.2) is 5.82 Å². The number of rotatable bonds is 6. The van der Waals surface area contributed by atoms with Crippen LogP contribution in [0, 0.1) is 5.92 Å². The second kappa shape index (κ2) is 7.03. The number of likely N-dealkylation sites (N-methyl/N-ethyl adjacent to an activating group) is 1. The Bertz CT molecular complexity index is 789. The molecule has 0 atom stereocenters. The number of carbonyl (C=O) groups is 1. The Morgan fingerprint density at radius 2 is 2.09 bits per heavy atom. The van der Waals surface area contributed by atoms with E-state index in [1.807, 2.05) is 13.8 Å². The van der Waals surface area contributed by atoms with Crippen molar-refractivity contribution in [3.63, 3.8) is 0 Å². The monoisotopic (exact) mass is 321 g/mol. The van der Waals surface area contributed by atoms with Crippen molar-refractivity contribution >= 4 is 5.91 Å². The zero-order valence-electron chi connectivity index (χ0n) is 13.3. The number of hydrogen-bond donors (Lipinski definition) is 2. The van der Waals surface area contributed by atoms with Crippen LogP contribution in [-0.4, -0.2) is 38.2 Å². The van der Waals surface area contributed by atoms with E-state index >= 15 is 0 Å². The summed E-state index contributed by atoms with van der Waals surface area (Å²) in [6.45, 7) is 4.25. The number of H-pyrrole nitrogens is 2. The van der Waals surface area contributed by atoms with Gasteiger partial charge in [-0.25, -0.2) is 0 Å². The van der Waals surface area contributed by atoms with Gasteiger partial charge in [0.2, 0.25) is 11.8 Å². The average molecular weight is 321 g/mol. The highest BCUT2D eigenvalue weighted by Crippen LogP contribution is 2.07. The molecule has 0 radical (unpaired) electrons. The molecule has 0 aromatic carbocycles. The summed E-state index contributed by atoms with van der Waals surface area (Å²) >= 11 is 0. The smallest absolute Gasteiger partial charge is 0.266 e. The maximum absolute atomic E-state index is 12.1. The van der Waals surface area contributed by atoms with Crippen molar-refractivity contribution in [1.29, 1.82) is 0 Å². The van der Waals surface area contributed by atoms with Gasteiger partial charge in [-0.2, -0.15) is 4.98 Å². The second-order valence-electron chi connectivity index (χ2n) is 5.74. The lowest BCUT2D eigenvalue weighted by molar-refractivity contribution is -0.129. The molecule has 0 saturated carbocycles. The number of aromatic nitrogens is 4. The summed E-state index contributed by atoms with van der Waals surface area (Å²) in [7, 11) is 1.57. The van der Waals surface area contributed by atoms with Crippen molar-refractivity contribution in [3.05, 3.63) is 44.1 Å². The first-order valence-electron chi connectivity index (χ1n) is 7.21. The van der Waals surface area contributed by atoms with E-state index in [1.165, 1.54) is 4.90 Å². The van der Waals surface area contributed by atoms with Crippen molar-refractivity contribution in [1.82, 2.24) is 25.2 Å². The van der Waals surface area contributed by atoms with E-state index in [4.69, 9.17) is 4.52 Å². The maximum atomic E-state index is 12.1. The molecule has 23 heavy (non-hydrogen) atoms. The third kappa shape index (κ3) is 4.63. The normalized spacial score (nSPS) is 11.0. The summed E-state index contributed by atoms with van der Waals surface area (Å²) in [6.07, 6.45) is 0.499. The van der Waals surface area contributed by atoms with Crippen LogP contribution in [0.25, 0.3) is 0 Å². The second-order valence-corrected chi connectivity index (χ2v) is 5.74. The SMILES string of the molecule is CC(C)Cc1nc(CN(C)C(=O)Cc2cc(=O)[nH][nH]c2=O)no1. The highest BCUT2D eigenvalue weighted by Gasteiger charge is 2.16. The van der Waals surface area contributed by atoms with Crippen molar-refractivity contribution in [2.45, 2.75) is 33.2 Å². The van der Waals surface area contributed by atoms with E-state index in [-0.39, 0.29) is 24.4 Å². The van der Waals surface area contributed by atoms with Gasteiger partial charge in [0.05, 0.1) is 13.0 Å². The molecule has 2 heterocycles. The molecule has 0 aliphatic rings. The van der Waals surface area contributed by atoms with Crippen molar-refractivity contribution < 1.29 is 9.32 Å². The number of nitrogens with one attached hydrogen (secondary N) is 2. The molecule has 124 valence electrons. The summed E-state index contributed by atoms with van der Waals surface area (Å²) in [4.78, 5) is 40.5. The third-order valence-corrected chi connectivity index (χ3v) is 3.14. The quantitative estimate of drug-likeness (QED) is 0.762. The number of nitrogens with zero attached hydrogens (tertiary/aromatic N) is 3. The van der Waals surface area contributed by atoms with E-state index in [1.54, 1.807) is 7.05 Å². The van der Waals surface area contributed by atoms with Crippen molar-refractivity contribution in [2.75, 3.05) is 7.05 Å². The molecule has 0 aliphatic heterocycles. The molecular weight excluding hydrogens is 302 g/mol. The summed E-state index contributed by atoms with van der Waals surface area (Å²) in [5.74, 6) is 1.00. The van der Waals surface area contributed by atoms with Crippen molar-refractivity contribution in [2.24, 2.45) is 5.92 Å². The summed E-state index contributed by atoms with van der Waals surface area (Å²) in [6, 6.07) is 1.11. The molecule has 1 amide bonds. The predicted molar refractivity (Wildman–Crippen MR) is 80.7 cm³/mol. The Morgan fingerprint density at radius 1 is 1.35 bits per heavy atom. The Hall–Kier alpha value is -2.71. The molecule has 2 aromatic heterocycles. The molecule has 9 heteroatoms. The van der Waals surface area contributed by atoms with Crippen LogP contribution in [-0.2, 0) is 24.2 Å². The van der Waals surface area contributed by atoms with Gasteiger partial charge in [-0.15, -0.1) is 0 Å². The van der Waals surface area contributed by atoms with Gasteiger partial charge in [0, 0.05) is 25.1 Å². The first-order valence-corrected chi connectivity index (χ1v) is 7.21.